The van der Waals surface area contributed by atoms with Crippen LogP contribution in [0.2, 0.25) is 8.67 Å². The Balaban J connectivity index is 1.70. The smallest absolute Gasteiger partial charge is 0.262 e. The lowest BCUT2D eigenvalue weighted by Gasteiger charge is -2.22. The number of benzene rings is 1. The average Bonchev–Trinajstić information content (AvgIpc) is 3.39. The summed E-state index contributed by atoms with van der Waals surface area (Å²) >= 11 is 14.9. The summed E-state index contributed by atoms with van der Waals surface area (Å²) in [6.45, 7) is 3.69. The van der Waals surface area contributed by atoms with Gasteiger partial charge in [0.2, 0.25) is 0 Å². The highest BCUT2D eigenvalue weighted by Crippen LogP contribution is 2.36. The normalized spacial score (nSPS) is 16.6. The number of aromatic nitrogens is 1. The first-order valence-electron chi connectivity index (χ1n) is 8.97. The van der Waals surface area contributed by atoms with E-state index in [1.54, 1.807) is 11.0 Å². The van der Waals surface area contributed by atoms with E-state index in [0.29, 0.717) is 32.5 Å². The summed E-state index contributed by atoms with van der Waals surface area (Å²) in [7, 11) is 0. The van der Waals surface area contributed by atoms with Gasteiger partial charge in [0.15, 0.2) is 5.13 Å². The number of amides is 1. The number of thiophene rings is 1. The second-order valence-corrected chi connectivity index (χ2v) is 9.64. The summed E-state index contributed by atoms with van der Waals surface area (Å²) in [5.74, 6) is 0.572. The van der Waals surface area contributed by atoms with Gasteiger partial charge in [-0.3, -0.25) is 9.69 Å². The van der Waals surface area contributed by atoms with Crippen molar-refractivity contribution < 1.29 is 14.3 Å². The van der Waals surface area contributed by atoms with Gasteiger partial charge in [-0.05, 0) is 44.0 Å². The fraction of sp³-hybridized carbons (Fsp3) is 0.368. The molecule has 0 bridgehead atoms. The zero-order chi connectivity index (χ0) is 19.7. The zero-order valence-corrected chi connectivity index (χ0v) is 18.3. The summed E-state index contributed by atoms with van der Waals surface area (Å²) in [5, 5.41) is 0.613. The number of carbonyl (C=O) groups is 1. The van der Waals surface area contributed by atoms with Gasteiger partial charge in [-0.1, -0.05) is 34.5 Å². The van der Waals surface area contributed by atoms with Crippen LogP contribution in [0.4, 0.5) is 5.13 Å². The Kier molecular flexibility index (Phi) is 6.08. The van der Waals surface area contributed by atoms with Crippen molar-refractivity contribution in [2.24, 2.45) is 0 Å². The molecule has 1 atom stereocenters. The Bertz CT molecular complexity index is 998. The van der Waals surface area contributed by atoms with Crippen LogP contribution in [0.1, 0.15) is 30.1 Å². The summed E-state index contributed by atoms with van der Waals surface area (Å²) < 4.78 is 13.2. The number of thiazole rings is 1. The summed E-state index contributed by atoms with van der Waals surface area (Å²) in [5.41, 5.74) is 1.21. The van der Waals surface area contributed by atoms with Crippen molar-refractivity contribution in [2.45, 2.75) is 25.9 Å². The molecular formula is C19H18Cl2N2O3S2. The van der Waals surface area contributed by atoms with E-state index in [4.69, 9.17) is 32.7 Å². The molecule has 0 aliphatic carbocycles. The Morgan fingerprint density at radius 1 is 1.36 bits per heavy atom. The molecule has 1 aliphatic heterocycles. The van der Waals surface area contributed by atoms with Gasteiger partial charge in [0.25, 0.3) is 5.91 Å². The lowest BCUT2D eigenvalue weighted by atomic mass is 10.2. The van der Waals surface area contributed by atoms with Crippen LogP contribution in [0.15, 0.2) is 24.3 Å². The Morgan fingerprint density at radius 3 is 2.89 bits per heavy atom. The van der Waals surface area contributed by atoms with Gasteiger partial charge in [0, 0.05) is 6.61 Å². The number of carbonyl (C=O) groups excluding carboxylic acids is 1. The van der Waals surface area contributed by atoms with Gasteiger partial charge in [-0.2, -0.15) is 0 Å². The highest BCUT2D eigenvalue weighted by molar-refractivity contribution is 7.22. The molecule has 1 fully saturated rings. The number of anilines is 1. The van der Waals surface area contributed by atoms with Crippen molar-refractivity contribution in [3.63, 3.8) is 0 Å². The molecule has 0 spiro atoms. The van der Waals surface area contributed by atoms with Crippen LogP contribution in [0.25, 0.3) is 10.2 Å². The second kappa shape index (κ2) is 8.55. The predicted molar refractivity (Wildman–Crippen MR) is 116 cm³/mol. The molecule has 1 amide bonds. The number of halogens is 2. The lowest BCUT2D eigenvalue weighted by molar-refractivity contribution is 0.0918. The third-order valence-electron chi connectivity index (χ3n) is 4.43. The first-order valence-corrected chi connectivity index (χ1v) is 11.4. The molecule has 4 rings (SSSR count). The van der Waals surface area contributed by atoms with Gasteiger partial charge < -0.3 is 9.47 Å². The van der Waals surface area contributed by atoms with E-state index < -0.39 is 0 Å². The summed E-state index contributed by atoms with van der Waals surface area (Å²) in [6, 6.07) is 7.35. The van der Waals surface area contributed by atoms with Crippen molar-refractivity contribution in [3.8, 4) is 5.75 Å². The van der Waals surface area contributed by atoms with Crippen molar-refractivity contribution in [1.82, 2.24) is 4.98 Å². The third-order valence-corrected chi connectivity index (χ3v) is 6.96. The molecule has 2 aromatic heterocycles. The molecule has 0 radical (unpaired) electrons. The number of rotatable bonds is 6. The predicted octanol–water partition coefficient (Wildman–Crippen LogP) is 5.89. The molecule has 5 nitrogen and oxygen atoms in total. The number of fused-ring (bicyclic) bond motifs is 1. The number of ether oxygens (including phenoxy) is 2. The minimum Gasteiger partial charge on any atom is -0.494 e. The van der Waals surface area contributed by atoms with Crippen LogP contribution in [0.3, 0.4) is 0 Å². The first kappa shape index (κ1) is 19.9. The quantitative estimate of drug-likeness (QED) is 0.463. The van der Waals surface area contributed by atoms with Crippen LogP contribution in [-0.4, -0.2) is 36.8 Å². The van der Waals surface area contributed by atoms with E-state index in [0.717, 1.165) is 35.4 Å². The van der Waals surface area contributed by atoms with Crippen LogP contribution in [0, 0.1) is 0 Å². The highest BCUT2D eigenvalue weighted by Gasteiger charge is 2.29. The van der Waals surface area contributed by atoms with Gasteiger partial charge in [-0.25, -0.2) is 4.98 Å². The van der Waals surface area contributed by atoms with Crippen molar-refractivity contribution in [3.05, 3.63) is 38.5 Å². The average molecular weight is 457 g/mol. The van der Waals surface area contributed by atoms with E-state index in [-0.39, 0.29) is 12.0 Å². The van der Waals surface area contributed by atoms with Crippen LogP contribution in [0.5, 0.6) is 5.75 Å². The van der Waals surface area contributed by atoms with E-state index in [9.17, 15) is 4.79 Å². The molecule has 3 heterocycles. The van der Waals surface area contributed by atoms with Gasteiger partial charge in [-0.15, -0.1) is 11.3 Å². The number of nitrogens with zero attached hydrogens (tertiary/aromatic N) is 2. The maximum atomic E-state index is 13.3. The van der Waals surface area contributed by atoms with Gasteiger partial charge in [0.1, 0.15) is 10.1 Å². The Morgan fingerprint density at radius 2 is 2.21 bits per heavy atom. The molecule has 1 aromatic carbocycles. The first-order chi connectivity index (χ1) is 13.5. The van der Waals surface area contributed by atoms with Gasteiger partial charge in [0.05, 0.1) is 39.4 Å². The van der Waals surface area contributed by atoms with Crippen LogP contribution < -0.4 is 9.64 Å². The maximum absolute atomic E-state index is 13.3. The SMILES string of the molecule is CCOc1ccc2nc(N(CC3CCCO3)C(=O)c3cc(Cl)sc3Cl)sc2c1. The standard InChI is InChI=1S/C19H18Cl2N2O3S2/c1-2-25-11-5-6-14-15(8-11)27-19(22-14)23(10-12-4-3-7-26-12)18(24)13-9-16(20)28-17(13)21/h5-6,8-9,12H,2-4,7,10H2,1H3. The molecular weight excluding hydrogens is 439 g/mol. The molecule has 1 saturated heterocycles. The van der Waals surface area contributed by atoms with Crippen LogP contribution in [-0.2, 0) is 4.74 Å². The number of hydrogen-bond donors (Lipinski definition) is 0. The van der Waals surface area contributed by atoms with Crippen molar-refractivity contribution in [1.29, 1.82) is 0 Å². The van der Waals surface area contributed by atoms with E-state index in [2.05, 4.69) is 4.98 Å². The van der Waals surface area contributed by atoms with E-state index >= 15 is 0 Å². The lowest BCUT2D eigenvalue weighted by Crippen LogP contribution is -2.37. The number of hydrogen-bond acceptors (Lipinski definition) is 6. The van der Waals surface area contributed by atoms with Crippen molar-refractivity contribution in [2.75, 3.05) is 24.7 Å². The highest BCUT2D eigenvalue weighted by atomic mass is 35.5. The van der Waals surface area contributed by atoms with Crippen LogP contribution >= 0.6 is 45.9 Å². The molecule has 148 valence electrons. The van der Waals surface area contributed by atoms with E-state index in [1.165, 1.54) is 22.7 Å². The van der Waals surface area contributed by atoms with Gasteiger partial charge >= 0.3 is 0 Å². The molecule has 9 heteroatoms. The van der Waals surface area contributed by atoms with E-state index in [1.807, 2.05) is 25.1 Å². The Hall–Kier alpha value is -1.38. The molecule has 28 heavy (non-hydrogen) atoms. The molecule has 1 aliphatic rings. The minimum atomic E-state index is -0.215. The fourth-order valence-corrected chi connectivity index (χ4v) is 5.59. The molecule has 0 N–H and O–H groups in total. The molecule has 0 saturated carbocycles. The minimum absolute atomic E-state index is 0.0113. The maximum Gasteiger partial charge on any atom is 0.262 e. The monoisotopic (exact) mass is 456 g/mol. The third kappa shape index (κ3) is 4.14. The largest absolute Gasteiger partial charge is 0.494 e. The zero-order valence-electron chi connectivity index (χ0n) is 15.1. The second-order valence-electron chi connectivity index (χ2n) is 6.35. The summed E-state index contributed by atoms with van der Waals surface area (Å²) in [4.78, 5) is 19.6. The Labute approximate surface area is 180 Å². The molecule has 1 unspecified atom stereocenters. The fourth-order valence-electron chi connectivity index (χ4n) is 3.14. The van der Waals surface area contributed by atoms with Crippen molar-refractivity contribution >= 4 is 67.1 Å². The topological polar surface area (TPSA) is 51.7 Å². The summed E-state index contributed by atoms with van der Waals surface area (Å²) in [6.07, 6.45) is 1.90. The molecule has 3 aromatic rings.